The molecule has 2 N–H and O–H groups in total. The highest BCUT2D eigenvalue weighted by Crippen LogP contribution is 2.23. The molecular formula is C16H18Cl2N2O3. The molecule has 1 heterocycles. The third-order valence-electron chi connectivity index (χ3n) is 3.68. The first-order chi connectivity index (χ1) is 10.9. The average molecular weight is 357 g/mol. The van der Waals surface area contributed by atoms with Gasteiger partial charge in [0.25, 0.3) is 5.91 Å². The first-order valence-corrected chi connectivity index (χ1v) is 7.98. The fraction of sp³-hybridized carbons (Fsp3) is 0.375. The smallest absolute Gasteiger partial charge is 0.252 e. The van der Waals surface area contributed by atoms with Crippen molar-refractivity contribution in [3.05, 3.63) is 39.9 Å². The number of hydrogen-bond acceptors (Lipinski definition) is 3. The van der Waals surface area contributed by atoms with Crippen LogP contribution in [0, 0.1) is 5.92 Å². The van der Waals surface area contributed by atoms with Gasteiger partial charge in [0.15, 0.2) is 0 Å². The van der Waals surface area contributed by atoms with Gasteiger partial charge < -0.3 is 15.3 Å². The van der Waals surface area contributed by atoms with E-state index in [2.05, 4.69) is 5.32 Å². The zero-order valence-electron chi connectivity index (χ0n) is 12.6. The Balaban J connectivity index is 1.77. The Morgan fingerprint density at radius 2 is 2.17 bits per heavy atom. The number of likely N-dealkylation sites (N-methyl/N-ethyl adjacent to an activating group) is 1. The van der Waals surface area contributed by atoms with Crippen molar-refractivity contribution >= 4 is 41.1 Å². The largest absolute Gasteiger partial charge is 0.382 e. The van der Waals surface area contributed by atoms with Crippen molar-refractivity contribution < 1.29 is 14.7 Å². The lowest BCUT2D eigenvalue weighted by molar-refractivity contribution is -0.137. The summed E-state index contributed by atoms with van der Waals surface area (Å²) in [6.45, 7) is 0.669. The van der Waals surface area contributed by atoms with Crippen LogP contribution >= 0.6 is 23.2 Å². The average Bonchev–Trinajstić information content (AvgIpc) is 2.78. The van der Waals surface area contributed by atoms with Crippen LogP contribution in [0.3, 0.4) is 0 Å². The molecule has 23 heavy (non-hydrogen) atoms. The van der Waals surface area contributed by atoms with Crippen molar-refractivity contribution in [3.8, 4) is 0 Å². The number of carbonyl (C=O) groups excluding carboxylic acids is 2. The predicted molar refractivity (Wildman–Crippen MR) is 90.3 cm³/mol. The molecule has 2 amide bonds. The number of aliphatic hydroxyl groups excluding tert-OH is 1. The molecule has 1 saturated heterocycles. The summed E-state index contributed by atoms with van der Waals surface area (Å²) in [4.78, 5) is 24.8. The molecule has 1 fully saturated rings. The maximum atomic E-state index is 12.0. The van der Waals surface area contributed by atoms with E-state index in [0.29, 0.717) is 23.0 Å². The lowest BCUT2D eigenvalue weighted by atomic mass is 10.1. The SMILES string of the molecule is CN1CC(C(=O)NCCC=Cc2ccc(Cl)c(Cl)c2)C(O)C1=O. The molecule has 1 aromatic rings. The molecule has 5 nitrogen and oxygen atoms in total. The van der Waals surface area contributed by atoms with Gasteiger partial charge in [0.05, 0.1) is 16.0 Å². The molecule has 124 valence electrons. The number of likely N-dealkylation sites (tertiary alicyclic amines) is 1. The second-order valence-electron chi connectivity index (χ2n) is 5.43. The summed E-state index contributed by atoms with van der Waals surface area (Å²) >= 11 is 11.8. The number of nitrogens with zero attached hydrogens (tertiary/aromatic N) is 1. The van der Waals surface area contributed by atoms with E-state index in [-0.39, 0.29) is 12.5 Å². The van der Waals surface area contributed by atoms with E-state index in [1.165, 1.54) is 4.90 Å². The minimum Gasteiger partial charge on any atom is -0.382 e. The fourth-order valence-electron chi connectivity index (χ4n) is 2.35. The Hall–Kier alpha value is -1.56. The summed E-state index contributed by atoms with van der Waals surface area (Å²) in [6, 6.07) is 5.33. The van der Waals surface area contributed by atoms with Crippen LogP contribution in [0.4, 0.5) is 0 Å². The molecule has 1 aliphatic heterocycles. The maximum absolute atomic E-state index is 12.0. The summed E-state index contributed by atoms with van der Waals surface area (Å²) in [5, 5.41) is 13.4. The molecule has 0 bridgehead atoms. The number of carbonyl (C=O) groups is 2. The van der Waals surface area contributed by atoms with Crippen LogP contribution in [0.1, 0.15) is 12.0 Å². The van der Waals surface area contributed by atoms with Gasteiger partial charge in [-0.2, -0.15) is 0 Å². The monoisotopic (exact) mass is 356 g/mol. The van der Waals surface area contributed by atoms with Crippen molar-refractivity contribution in [1.82, 2.24) is 10.2 Å². The van der Waals surface area contributed by atoms with Gasteiger partial charge in [-0.05, 0) is 24.1 Å². The molecule has 0 radical (unpaired) electrons. The zero-order valence-corrected chi connectivity index (χ0v) is 14.1. The Bertz CT molecular complexity index is 634. The van der Waals surface area contributed by atoms with E-state index in [4.69, 9.17) is 23.2 Å². The van der Waals surface area contributed by atoms with Crippen molar-refractivity contribution in [3.63, 3.8) is 0 Å². The van der Waals surface area contributed by atoms with Crippen molar-refractivity contribution in [2.45, 2.75) is 12.5 Å². The van der Waals surface area contributed by atoms with E-state index in [1.807, 2.05) is 18.2 Å². The molecule has 2 unspecified atom stereocenters. The number of hydrogen-bond donors (Lipinski definition) is 2. The van der Waals surface area contributed by atoms with Gasteiger partial charge in [-0.3, -0.25) is 9.59 Å². The van der Waals surface area contributed by atoms with Crippen LogP contribution in [0.15, 0.2) is 24.3 Å². The third-order valence-corrected chi connectivity index (χ3v) is 4.42. The Morgan fingerprint density at radius 3 is 2.78 bits per heavy atom. The number of benzene rings is 1. The Kier molecular flexibility index (Phi) is 6.04. The normalized spacial score (nSPS) is 21.2. The van der Waals surface area contributed by atoms with Gasteiger partial charge in [0.1, 0.15) is 6.10 Å². The molecule has 7 heteroatoms. The van der Waals surface area contributed by atoms with Crippen LogP contribution in [-0.4, -0.2) is 48.1 Å². The molecule has 0 spiro atoms. The predicted octanol–water partition coefficient (Wildman–Crippen LogP) is 1.96. The van der Waals surface area contributed by atoms with Crippen LogP contribution in [0.25, 0.3) is 6.08 Å². The Labute approximate surface area is 144 Å². The molecule has 0 aliphatic carbocycles. The highest BCUT2D eigenvalue weighted by Gasteiger charge is 2.41. The maximum Gasteiger partial charge on any atom is 0.252 e. The minimum absolute atomic E-state index is 0.241. The fourth-order valence-corrected chi connectivity index (χ4v) is 2.66. The summed E-state index contributed by atoms with van der Waals surface area (Å²) in [5.41, 5.74) is 0.921. The lowest BCUT2D eigenvalue weighted by Gasteiger charge is -2.11. The first-order valence-electron chi connectivity index (χ1n) is 7.22. The second kappa shape index (κ2) is 7.81. The Morgan fingerprint density at radius 1 is 1.43 bits per heavy atom. The molecule has 0 aromatic heterocycles. The van der Waals surface area contributed by atoms with Crippen LogP contribution in [-0.2, 0) is 9.59 Å². The van der Waals surface area contributed by atoms with Crippen LogP contribution in [0.2, 0.25) is 10.0 Å². The van der Waals surface area contributed by atoms with Gasteiger partial charge in [-0.25, -0.2) is 0 Å². The highest BCUT2D eigenvalue weighted by molar-refractivity contribution is 6.42. The van der Waals surface area contributed by atoms with Gasteiger partial charge in [-0.1, -0.05) is 41.4 Å². The first kappa shape index (κ1) is 17.8. The summed E-state index contributed by atoms with van der Waals surface area (Å²) in [7, 11) is 1.57. The molecule has 0 saturated carbocycles. The quantitative estimate of drug-likeness (QED) is 0.792. The van der Waals surface area contributed by atoms with E-state index in [1.54, 1.807) is 19.2 Å². The van der Waals surface area contributed by atoms with E-state index < -0.39 is 17.9 Å². The molecule has 2 rings (SSSR count). The number of aliphatic hydroxyl groups is 1. The zero-order chi connectivity index (χ0) is 17.0. The topological polar surface area (TPSA) is 69.6 Å². The van der Waals surface area contributed by atoms with Gasteiger partial charge in [-0.15, -0.1) is 0 Å². The molecule has 1 aromatic carbocycles. The summed E-state index contributed by atoms with van der Waals surface area (Å²) in [5.74, 6) is -1.42. The van der Waals surface area contributed by atoms with Gasteiger partial charge in [0, 0.05) is 20.1 Å². The summed E-state index contributed by atoms with van der Waals surface area (Å²) in [6.07, 6.45) is 3.17. The number of nitrogens with one attached hydrogen (secondary N) is 1. The second-order valence-corrected chi connectivity index (χ2v) is 6.24. The van der Waals surface area contributed by atoms with Crippen molar-refractivity contribution in [1.29, 1.82) is 0 Å². The lowest BCUT2D eigenvalue weighted by Crippen LogP contribution is -2.38. The number of amides is 2. The standard InChI is InChI=1S/C16H18Cl2N2O3/c1-20-9-11(14(21)16(20)23)15(22)19-7-3-2-4-10-5-6-12(17)13(18)8-10/h2,4-6,8,11,14,21H,3,7,9H2,1H3,(H,19,22). The summed E-state index contributed by atoms with van der Waals surface area (Å²) < 4.78 is 0. The molecule has 1 aliphatic rings. The van der Waals surface area contributed by atoms with E-state index in [9.17, 15) is 14.7 Å². The van der Waals surface area contributed by atoms with Gasteiger partial charge >= 0.3 is 0 Å². The highest BCUT2D eigenvalue weighted by atomic mass is 35.5. The van der Waals surface area contributed by atoms with Crippen LogP contribution in [0.5, 0.6) is 0 Å². The minimum atomic E-state index is -1.24. The van der Waals surface area contributed by atoms with E-state index >= 15 is 0 Å². The van der Waals surface area contributed by atoms with Gasteiger partial charge in [0.2, 0.25) is 5.91 Å². The number of rotatable bonds is 5. The van der Waals surface area contributed by atoms with E-state index in [0.717, 1.165) is 5.56 Å². The third kappa shape index (κ3) is 4.47. The number of halogens is 2. The van der Waals surface area contributed by atoms with Crippen LogP contribution < -0.4 is 5.32 Å². The van der Waals surface area contributed by atoms with Crippen molar-refractivity contribution in [2.24, 2.45) is 5.92 Å². The van der Waals surface area contributed by atoms with Crippen molar-refractivity contribution in [2.75, 3.05) is 20.1 Å². The molecule has 2 atom stereocenters. The molecular weight excluding hydrogens is 339 g/mol.